The highest BCUT2D eigenvalue weighted by Crippen LogP contribution is 2.37. The van der Waals surface area contributed by atoms with Crippen molar-refractivity contribution in [2.24, 2.45) is 0 Å². The average Bonchev–Trinajstić information content (AvgIpc) is 3.22. The fraction of sp³-hybridized carbons (Fsp3) is 0.148. The number of nitrogens with one attached hydrogen (secondary N) is 1. The Bertz CT molecular complexity index is 1480. The second-order valence-electron chi connectivity index (χ2n) is 8.15. The van der Waals surface area contributed by atoms with E-state index < -0.39 is 0 Å². The predicted octanol–water partition coefficient (Wildman–Crippen LogP) is 6.56. The maximum atomic E-state index is 6.49. The van der Waals surface area contributed by atoms with Gasteiger partial charge in [-0.2, -0.15) is 0 Å². The summed E-state index contributed by atoms with van der Waals surface area (Å²) in [5.74, 6) is 2.30. The van der Waals surface area contributed by atoms with Gasteiger partial charge < -0.3 is 19.2 Å². The Balaban J connectivity index is 1.25. The smallest absolute Gasteiger partial charge is 0.166 e. The SMILES string of the molecule is Cc1nccc2c1[nH]c1c(-c3ccc(OCC4COc5ccccc5O4)cc3)cc(Cl)cc12. The highest BCUT2D eigenvalue weighted by Gasteiger charge is 2.21. The first-order valence-corrected chi connectivity index (χ1v) is 11.2. The lowest BCUT2D eigenvalue weighted by Gasteiger charge is -2.26. The summed E-state index contributed by atoms with van der Waals surface area (Å²) in [5.41, 5.74) is 5.14. The number of rotatable bonds is 4. The van der Waals surface area contributed by atoms with Crippen LogP contribution in [0.15, 0.2) is 72.9 Å². The molecule has 0 saturated heterocycles. The summed E-state index contributed by atoms with van der Waals surface area (Å²) in [5, 5.41) is 2.91. The largest absolute Gasteiger partial charge is 0.490 e. The van der Waals surface area contributed by atoms with Crippen molar-refractivity contribution in [1.29, 1.82) is 0 Å². The van der Waals surface area contributed by atoms with Gasteiger partial charge in [0.25, 0.3) is 0 Å². The molecule has 0 amide bonds. The van der Waals surface area contributed by atoms with E-state index in [1.54, 1.807) is 0 Å². The molecule has 1 unspecified atom stereocenters. The van der Waals surface area contributed by atoms with Crippen molar-refractivity contribution in [1.82, 2.24) is 9.97 Å². The number of benzene rings is 3. The Morgan fingerprint density at radius 1 is 1.00 bits per heavy atom. The van der Waals surface area contributed by atoms with Crippen LogP contribution in [-0.2, 0) is 0 Å². The van der Waals surface area contributed by atoms with Gasteiger partial charge in [0.15, 0.2) is 17.6 Å². The second kappa shape index (κ2) is 8.01. The summed E-state index contributed by atoms with van der Waals surface area (Å²) in [7, 11) is 0. The molecule has 3 aromatic carbocycles. The molecule has 0 radical (unpaired) electrons. The molecule has 0 spiro atoms. The number of pyridine rings is 1. The number of aromatic amines is 1. The molecule has 2 aromatic heterocycles. The van der Waals surface area contributed by atoms with E-state index >= 15 is 0 Å². The summed E-state index contributed by atoms with van der Waals surface area (Å²) >= 11 is 6.49. The van der Waals surface area contributed by atoms with E-state index in [-0.39, 0.29) is 6.10 Å². The lowest BCUT2D eigenvalue weighted by atomic mass is 10.0. The van der Waals surface area contributed by atoms with Crippen molar-refractivity contribution in [3.8, 4) is 28.4 Å². The fourth-order valence-electron chi connectivity index (χ4n) is 4.32. The second-order valence-corrected chi connectivity index (χ2v) is 8.59. The molecule has 1 aliphatic heterocycles. The van der Waals surface area contributed by atoms with Crippen LogP contribution in [0.25, 0.3) is 32.9 Å². The number of para-hydroxylation sites is 2. The van der Waals surface area contributed by atoms with Gasteiger partial charge in [-0.05, 0) is 55.0 Å². The standard InChI is InChI=1S/C27H21ClN2O3/c1-16-26-21(10-11-29-16)23-13-18(28)12-22(27(23)30-26)17-6-8-19(9-7-17)31-14-20-15-32-24-4-2-3-5-25(24)33-20/h2-13,20,30H,14-15H2,1H3. The molecule has 0 fully saturated rings. The van der Waals surface area contributed by atoms with Crippen LogP contribution in [0, 0.1) is 6.92 Å². The van der Waals surface area contributed by atoms with Crippen molar-refractivity contribution < 1.29 is 14.2 Å². The predicted molar refractivity (Wildman–Crippen MR) is 131 cm³/mol. The first-order chi connectivity index (χ1) is 16.2. The molecule has 5 nitrogen and oxygen atoms in total. The minimum Gasteiger partial charge on any atom is -0.490 e. The van der Waals surface area contributed by atoms with Crippen LogP contribution < -0.4 is 14.2 Å². The van der Waals surface area contributed by atoms with E-state index in [1.165, 1.54) is 0 Å². The molecule has 5 aromatic rings. The molecule has 0 saturated carbocycles. The lowest BCUT2D eigenvalue weighted by Crippen LogP contribution is -2.34. The van der Waals surface area contributed by atoms with Crippen molar-refractivity contribution in [2.75, 3.05) is 13.2 Å². The van der Waals surface area contributed by atoms with Crippen LogP contribution in [-0.4, -0.2) is 29.3 Å². The van der Waals surface area contributed by atoms with Crippen molar-refractivity contribution >= 4 is 33.4 Å². The molecule has 3 heterocycles. The van der Waals surface area contributed by atoms with Crippen molar-refractivity contribution in [3.63, 3.8) is 0 Å². The average molecular weight is 457 g/mol. The van der Waals surface area contributed by atoms with E-state index in [0.717, 1.165) is 55.9 Å². The third-order valence-corrected chi connectivity index (χ3v) is 6.17. The Kier molecular flexibility index (Phi) is 4.84. The molecule has 1 N–H and O–H groups in total. The highest BCUT2D eigenvalue weighted by atomic mass is 35.5. The molecule has 164 valence electrons. The molecule has 0 bridgehead atoms. The first-order valence-electron chi connectivity index (χ1n) is 10.8. The number of aromatic nitrogens is 2. The molecule has 6 heteroatoms. The topological polar surface area (TPSA) is 56.4 Å². The number of halogens is 1. The van der Waals surface area contributed by atoms with Gasteiger partial charge in [-0.25, -0.2) is 0 Å². The first kappa shape index (κ1) is 19.9. The molecule has 6 rings (SSSR count). The van der Waals surface area contributed by atoms with Crippen LogP contribution in [0.2, 0.25) is 5.02 Å². The molecule has 0 aliphatic carbocycles. The zero-order valence-electron chi connectivity index (χ0n) is 18.0. The summed E-state index contributed by atoms with van der Waals surface area (Å²) in [6.07, 6.45) is 1.67. The number of ether oxygens (including phenoxy) is 3. The number of H-pyrrole nitrogens is 1. The van der Waals surface area contributed by atoms with Crippen LogP contribution in [0.5, 0.6) is 17.2 Å². The van der Waals surface area contributed by atoms with Gasteiger partial charge >= 0.3 is 0 Å². The van der Waals surface area contributed by atoms with Gasteiger partial charge in [0, 0.05) is 27.6 Å². The minimum absolute atomic E-state index is 0.157. The molecular formula is C27H21ClN2O3. The number of hydrogen-bond donors (Lipinski definition) is 1. The molecule has 1 aliphatic rings. The van der Waals surface area contributed by atoms with Crippen LogP contribution in [0.4, 0.5) is 0 Å². The number of hydrogen-bond acceptors (Lipinski definition) is 4. The Morgan fingerprint density at radius 3 is 2.67 bits per heavy atom. The summed E-state index contributed by atoms with van der Waals surface area (Å²) in [4.78, 5) is 7.96. The van der Waals surface area contributed by atoms with Gasteiger partial charge in [0.05, 0.1) is 16.7 Å². The maximum absolute atomic E-state index is 6.49. The quantitative estimate of drug-likeness (QED) is 0.332. The van der Waals surface area contributed by atoms with Gasteiger partial charge in [-0.1, -0.05) is 35.9 Å². The zero-order valence-corrected chi connectivity index (χ0v) is 18.7. The van der Waals surface area contributed by atoms with E-state index in [9.17, 15) is 0 Å². The number of fused-ring (bicyclic) bond motifs is 4. The Morgan fingerprint density at radius 2 is 1.82 bits per heavy atom. The summed E-state index contributed by atoms with van der Waals surface area (Å²) in [6, 6.07) is 21.7. The summed E-state index contributed by atoms with van der Waals surface area (Å²) < 4.78 is 17.7. The third-order valence-electron chi connectivity index (χ3n) is 5.95. The maximum Gasteiger partial charge on any atom is 0.166 e. The van der Waals surface area contributed by atoms with Crippen LogP contribution in [0.3, 0.4) is 0 Å². The normalized spacial score (nSPS) is 15.2. The van der Waals surface area contributed by atoms with E-state index in [2.05, 4.69) is 9.97 Å². The Hall–Kier alpha value is -3.70. The van der Waals surface area contributed by atoms with Gasteiger partial charge in [-0.3, -0.25) is 4.98 Å². The molecule has 33 heavy (non-hydrogen) atoms. The van der Waals surface area contributed by atoms with E-state index in [1.807, 2.05) is 79.9 Å². The van der Waals surface area contributed by atoms with E-state index in [4.69, 9.17) is 25.8 Å². The fourth-order valence-corrected chi connectivity index (χ4v) is 4.54. The van der Waals surface area contributed by atoms with Crippen molar-refractivity contribution in [2.45, 2.75) is 13.0 Å². The van der Waals surface area contributed by atoms with Gasteiger partial charge in [0.2, 0.25) is 0 Å². The van der Waals surface area contributed by atoms with E-state index in [0.29, 0.717) is 18.2 Å². The monoisotopic (exact) mass is 456 g/mol. The molecule has 1 atom stereocenters. The van der Waals surface area contributed by atoms with Crippen LogP contribution in [0.1, 0.15) is 5.69 Å². The minimum atomic E-state index is -0.157. The zero-order chi connectivity index (χ0) is 22.4. The van der Waals surface area contributed by atoms with Gasteiger partial charge in [-0.15, -0.1) is 0 Å². The lowest BCUT2D eigenvalue weighted by molar-refractivity contribution is 0.0535. The number of nitrogens with zero attached hydrogens (tertiary/aromatic N) is 1. The van der Waals surface area contributed by atoms with Crippen LogP contribution >= 0.6 is 11.6 Å². The third kappa shape index (κ3) is 3.64. The molecular weight excluding hydrogens is 436 g/mol. The Labute approximate surface area is 195 Å². The van der Waals surface area contributed by atoms with Gasteiger partial charge in [0.1, 0.15) is 19.0 Å². The number of aryl methyl sites for hydroxylation is 1. The van der Waals surface area contributed by atoms with Crippen molar-refractivity contribution in [3.05, 3.63) is 83.6 Å². The summed E-state index contributed by atoms with van der Waals surface area (Å²) in [6.45, 7) is 2.87. The highest BCUT2D eigenvalue weighted by molar-refractivity contribution is 6.32.